The summed E-state index contributed by atoms with van der Waals surface area (Å²) < 4.78 is 45.1. The fourth-order valence-corrected chi connectivity index (χ4v) is 2.38. The second-order valence-electron chi connectivity index (χ2n) is 5.05. The Morgan fingerprint density at radius 3 is 2.43 bits per heavy atom. The highest BCUT2D eigenvalue weighted by molar-refractivity contribution is 6.30. The summed E-state index contributed by atoms with van der Waals surface area (Å²) in [4.78, 5) is 0. The van der Waals surface area contributed by atoms with Crippen LogP contribution in [0.1, 0.15) is 23.7 Å². The molecular weight excluding hydrogens is 327 g/mol. The van der Waals surface area contributed by atoms with Crippen molar-refractivity contribution in [3.8, 4) is 5.75 Å². The van der Waals surface area contributed by atoms with Gasteiger partial charge in [-0.3, -0.25) is 0 Å². The molecule has 0 aliphatic heterocycles. The van der Waals surface area contributed by atoms with E-state index in [0.29, 0.717) is 13.0 Å². The molecule has 0 aromatic heterocycles. The molecule has 124 valence electrons. The van der Waals surface area contributed by atoms with Crippen molar-refractivity contribution in [2.45, 2.75) is 18.7 Å². The van der Waals surface area contributed by atoms with E-state index < -0.39 is 17.8 Å². The number of benzene rings is 2. The Hall–Kier alpha value is -1.72. The summed E-state index contributed by atoms with van der Waals surface area (Å²) in [6.45, 7) is 0.613. The van der Waals surface area contributed by atoms with Crippen LogP contribution in [0, 0.1) is 0 Å². The van der Waals surface area contributed by atoms with Crippen LogP contribution in [-0.4, -0.2) is 13.6 Å². The second kappa shape index (κ2) is 7.70. The van der Waals surface area contributed by atoms with Gasteiger partial charge in [0.15, 0.2) is 0 Å². The van der Waals surface area contributed by atoms with Crippen LogP contribution in [0.2, 0.25) is 5.02 Å². The summed E-state index contributed by atoms with van der Waals surface area (Å²) in [5.41, 5.74) is -0.0110. The summed E-state index contributed by atoms with van der Waals surface area (Å²) in [6, 6.07) is 12.5. The van der Waals surface area contributed by atoms with Crippen LogP contribution in [0.25, 0.3) is 0 Å². The predicted octanol–water partition coefficient (Wildman–Crippen LogP) is 5.09. The highest BCUT2D eigenvalue weighted by atomic mass is 35.5. The Morgan fingerprint density at radius 2 is 1.83 bits per heavy atom. The van der Waals surface area contributed by atoms with Gasteiger partial charge in [-0.15, -0.1) is 0 Å². The van der Waals surface area contributed by atoms with E-state index in [0.717, 1.165) is 11.6 Å². The number of ether oxygens (including phenoxy) is 1. The Balaban J connectivity index is 2.34. The Bertz CT molecular complexity index is 631. The molecule has 23 heavy (non-hydrogen) atoms. The predicted molar refractivity (Wildman–Crippen MR) is 84.8 cm³/mol. The number of alkyl halides is 3. The number of hydrogen-bond acceptors (Lipinski definition) is 2. The zero-order valence-electron chi connectivity index (χ0n) is 12.5. The van der Waals surface area contributed by atoms with Gasteiger partial charge < -0.3 is 10.1 Å². The third-order valence-corrected chi connectivity index (χ3v) is 3.58. The van der Waals surface area contributed by atoms with Crippen molar-refractivity contribution >= 4 is 11.6 Å². The minimum Gasteiger partial charge on any atom is -0.485 e. The summed E-state index contributed by atoms with van der Waals surface area (Å²) in [5, 5.41) is 3.18. The van der Waals surface area contributed by atoms with Crippen LogP contribution in [0.3, 0.4) is 0 Å². The molecule has 1 atom stereocenters. The van der Waals surface area contributed by atoms with Crippen LogP contribution in [0.4, 0.5) is 13.2 Å². The zero-order valence-corrected chi connectivity index (χ0v) is 13.3. The van der Waals surface area contributed by atoms with E-state index >= 15 is 0 Å². The minimum atomic E-state index is -4.50. The van der Waals surface area contributed by atoms with E-state index in [1.54, 1.807) is 7.05 Å². The Morgan fingerprint density at radius 1 is 1.13 bits per heavy atom. The third-order valence-electron chi connectivity index (χ3n) is 3.35. The zero-order chi connectivity index (χ0) is 16.9. The fourth-order valence-electron chi connectivity index (χ4n) is 2.22. The van der Waals surface area contributed by atoms with Crippen LogP contribution in [-0.2, 0) is 6.18 Å². The van der Waals surface area contributed by atoms with Gasteiger partial charge in [0.2, 0.25) is 0 Å². The van der Waals surface area contributed by atoms with Crippen molar-refractivity contribution in [1.82, 2.24) is 5.32 Å². The average Bonchev–Trinajstić information content (AvgIpc) is 2.51. The summed E-state index contributed by atoms with van der Waals surface area (Å²) in [6.07, 6.45) is -4.46. The lowest BCUT2D eigenvalue weighted by molar-refractivity contribution is -0.139. The molecule has 0 amide bonds. The molecule has 6 heteroatoms. The van der Waals surface area contributed by atoms with Crippen molar-refractivity contribution < 1.29 is 17.9 Å². The molecule has 2 aromatic carbocycles. The smallest absolute Gasteiger partial charge is 0.419 e. The quantitative estimate of drug-likeness (QED) is 0.789. The Labute approximate surface area is 138 Å². The molecule has 0 fully saturated rings. The van der Waals surface area contributed by atoms with E-state index in [1.807, 2.05) is 30.3 Å². The highest BCUT2D eigenvalue weighted by Gasteiger charge is 2.35. The first kappa shape index (κ1) is 17.6. The van der Waals surface area contributed by atoms with Crippen molar-refractivity contribution in [2.75, 3.05) is 13.6 Å². The first-order valence-corrected chi connectivity index (χ1v) is 7.52. The lowest BCUT2D eigenvalue weighted by Gasteiger charge is -2.22. The van der Waals surface area contributed by atoms with Crippen molar-refractivity contribution in [1.29, 1.82) is 0 Å². The standard InChI is InChI=1S/C17H17ClF3NO/c1-22-10-9-15(12-5-3-2-4-6-12)23-16-11-13(18)7-8-14(16)17(19,20)21/h2-8,11,15,22H,9-10H2,1H3. The van der Waals surface area contributed by atoms with E-state index in [4.69, 9.17) is 16.3 Å². The van der Waals surface area contributed by atoms with Gasteiger partial charge in [0, 0.05) is 11.4 Å². The number of nitrogens with one attached hydrogen (secondary N) is 1. The van der Waals surface area contributed by atoms with Gasteiger partial charge >= 0.3 is 6.18 Å². The number of halogens is 4. The largest absolute Gasteiger partial charge is 0.485 e. The third kappa shape index (κ3) is 4.88. The maximum Gasteiger partial charge on any atom is 0.419 e. The Kier molecular flexibility index (Phi) is 5.91. The molecular formula is C17H17ClF3NO. The van der Waals surface area contributed by atoms with Gasteiger partial charge in [-0.1, -0.05) is 41.9 Å². The molecule has 0 radical (unpaired) electrons. The number of rotatable bonds is 6. The van der Waals surface area contributed by atoms with Crippen LogP contribution in [0.15, 0.2) is 48.5 Å². The molecule has 2 aromatic rings. The van der Waals surface area contributed by atoms with E-state index in [2.05, 4.69) is 5.32 Å². The molecule has 0 aliphatic rings. The van der Waals surface area contributed by atoms with Gasteiger partial charge in [-0.2, -0.15) is 13.2 Å². The normalized spacial score (nSPS) is 12.9. The van der Waals surface area contributed by atoms with Crippen LogP contribution >= 0.6 is 11.6 Å². The molecule has 0 heterocycles. The number of hydrogen-bond donors (Lipinski definition) is 1. The maximum absolute atomic E-state index is 13.1. The SMILES string of the molecule is CNCCC(Oc1cc(Cl)ccc1C(F)(F)F)c1ccccc1. The van der Waals surface area contributed by atoms with Crippen molar-refractivity contribution in [3.05, 3.63) is 64.7 Å². The lowest BCUT2D eigenvalue weighted by Crippen LogP contribution is -2.18. The minimum absolute atomic E-state index is 0.202. The van der Waals surface area contributed by atoms with Crippen LogP contribution in [0.5, 0.6) is 5.75 Å². The summed E-state index contributed by atoms with van der Waals surface area (Å²) in [7, 11) is 1.78. The molecule has 1 unspecified atom stereocenters. The first-order valence-electron chi connectivity index (χ1n) is 7.14. The lowest BCUT2D eigenvalue weighted by atomic mass is 10.1. The van der Waals surface area contributed by atoms with Crippen molar-refractivity contribution in [2.24, 2.45) is 0 Å². The van der Waals surface area contributed by atoms with Gasteiger partial charge in [0.05, 0.1) is 5.56 Å². The van der Waals surface area contributed by atoms with Gasteiger partial charge in [0.25, 0.3) is 0 Å². The van der Waals surface area contributed by atoms with Gasteiger partial charge in [-0.05, 0) is 37.4 Å². The van der Waals surface area contributed by atoms with Crippen LogP contribution < -0.4 is 10.1 Å². The molecule has 1 N–H and O–H groups in total. The van der Waals surface area contributed by atoms with E-state index in [9.17, 15) is 13.2 Å². The molecule has 2 rings (SSSR count). The second-order valence-corrected chi connectivity index (χ2v) is 5.48. The molecule has 0 bridgehead atoms. The van der Waals surface area contributed by atoms with Gasteiger partial charge in [-0.25, -0.2) is 0 Å². The summed E-state index contributed by atoms with van der Waals surface area (Å²) in [5.74, 6) is -0.255. The highest BCUT2D eigenvalue weighted by Crippen LogP contribution is 2.39. The topological polar surface area (TPSA) is 21.3 Å². The summed E-state index contributed by atoms with van der Waals surface area (Å²) >= 11 is 5.84. The molecule has 2 nitrogen and oxygen atoms in total. The maximum atomic E-state index is 13.1. The van der Waals surface area contributed by atoms with Gasteiger partial charge in [0.1, 0.15) is 11.9 Å². The molecule has 0 spiro atoms. The monoisotopic (exact) mass is 343 g/mol. The van der Waals surface area contributed by atoms with Crippen molar-refractivity contribution in [3.63, 3.8) is 0 Å². The first-order chi connectivity index (χ1) is 10.9. The molecule has 0 saturated heterocycles. The molecule has 0 saturated carbocycles. The fraction of sp³-hybridized carbons (Fsp3) is 0.294. The average molecular weight is 344 g/mol. The van der Waals surface area contributed by atoms with E-state index in [1.165, 1.54) is 12.1 Å². The van der Waals surface area contributed by atoms with E-state index in [-0.39, 0.29) is 10.8 Å². The molecule has 0 aliphatic carbocycles.